The van der Waals surface area contributed by atoms with E-state index in [1.165, 1.54) is 11.3 Å². The van der Waals surface area contributed by atoms with Crippen LogP contribution in [0.5, 0.6) is 0 Å². The van der Waals surface area contributed by atoms with Crippen LogP contribution in [0.4, 0.5) is 0 Å². The van der Waals surface area contributed by atoms with Crippen molar-refractivity contribution in [3.63, 3.8) is 0 Å². The van der Waals surface area contributed by atoms with Gasteiger partial charge in [-0.25, -0.2) is 4.98 Å². The molecule has 7 heteroatoms. The lowest BCUT2D eigenvalue weighted by Crippen LogP contribution is -2.60. The molecule has 1 aliphatic carbocycles. The number of furan rings is 1. The molecule has 0 aromatic carbocycles. The highest BCUT2D eigenvalue weighted by molar-refractivity contribution is 7.13. The fourth-order valence-corrected chi connectivity index (χ4v) is 4.20. The van der Waals surface area contributed by atoms with E-state index in [9.17, 15) is 9.59 Å². The predicted octanol–water partition coefficient (Wildman–Crippen LogP) is 3.38. The Hall–Kier alpha value is -2.41. The monoisotopic (exact) mass is 387 g/mol. The van der Waals surface area contributed by atoms with Crippen molar-refractivity contribution in [2.75, 3.05) is 6.54 Å². The SMILES string of the molecule is C=CCNC(=O)C1(NC(=O)Cc2csc(-c3ccc(C)o3)n2)CCCCC1. The molecule has 0 saturated heterocycles. The Balaban J connectivity index is 1.66. The Bertz CT molecular complexity index is 818. The van der Waals surface area contributed by atoms with Crippen molar-refractivity contribution >= 4 is 23.2 Å². The van der Waals surface area contributed by atoms with Crippen LogP contribution >= 0.6 is 11.3 Å². The lowest BCUT2D eigenvalue weighted by molar-refractivity contribution is -0.134. The van der Waals surface area contributed by atoms with Gasteiger partial charge in [0.15, 0.2) is 10.8 Å². The van der Waals surface area contributed by atoms with Crippen molar-refractivity contribution < 1.29 is 14.0 Å². The van der Waals surface area contributed by atoms with Crippen LogP contribution in [-0.4, -0.2) is 28.9 Å². The molecule has 2 N–H and O–H groups in total. The van der Waals surface area contributed by atoms with E-state index in [1.807, 2.05) is 24.4 Å². The first-order valence-corrected chi connectivity index (χ1v) is 10.1. The average Bonchev–Trinajstić information content (AvgIpc) is 3.29. The summed E-state index contributed by atoms with van der Waals surface area (Å²) in [5, 5.41) is 8.45. The zero-order valence-electron chi connectivity index (χ0n) is 15.5. The Morgan fingerprint density at radius 1 is 1.33 bits per heavy atom. The molecule has 2 heterocycles. The van der Waals surface area contributed by atoms with Crippen LogP contribution in [-0.2, 0) is 16.0 Å². The molecule has 2 amide bonds. The maximum absolute atomic E-state index is 12.7. The molecule has 1 fully saturated rings. The van der Waals surface area contributed by atoms with E-state index in [0.717, 1.165) is 30.0 Å². The number of nitrogens with one attached hydrogen (secondary N) is 2. The first-order chi connectivity index (χ1) is 13.0. The van der Waals surface area contributed by atoms with Crippen LogP contribution in [0, 0.1) is 6.92 Å². The van der Waals surface area contributed by atoms with Crippen molar-refractivity contribution in [3.8, 4) is 10.8 Å². The molecule has 2 aromatic heterocycles. The van der Waals surface area contributed by atoms with E-state index in [4.69, 9.17) is 4.42 Å². The van der Waals surface area contributed by atoms with Gasteiger partial charge in [0.25, 0.3) is 0 Å². The molecular formula is C20H25N3O3S. The molecule has 0 bridgehead atoms. The Morgan fingerprint density at radius 3 is 2.78 bits per heavy atom. The minimum atomic E-state index is -0.824. The summed E-state index contributed by atoms with van der Waals surface area (Å²) in [6.07, 6.45) is 6.06. The van der Waals surface area contributed by atoms with Gasteiger partial charge in [0, 0.05) is 11.9 Å². The zero-order chi connectivity index (χ0) is 19.3. The van der Waals surface area contributed by atoms with Crippen molar-refractivity contribution in [1.82, 2.24) is 15.6 Å². The number of hydrogen-bond donors (Lipinski definition) is 2. The molecule has 0 aliphatic heterocycles. The molecule has 2 aromatic rings. The summed E-state index contributed by atoms with van der Waals surface area (Å²) in [5.41, 5.74) is -0.144. The molecule has 0 radical (unpaired) electrons. The molecule has 1 aliphatic rings. The third kappa shape index (κ3) is 4.66. The van der Waals surface area contributed by atoms with Gasteiger partial charge in [0.05, 0.1) is 12.1 Å². The molecule has 0 atom stereocenters. The number of amides is 2. The Labute approximate surface area is 163 Å². The van der Waals surface area contributed by atoms with Crippen molar-refractivity contribution in [2.45, 2.75) is 51.0 Å². The third-order valence-electron chi connectivity index (χ3n) is 4.77. The van der Waals surface area contributed by atoms with E-state index in [-0.39, 0.29) is 18.2 Å². The zero-order valence-corrected chi connectivity index (χ0v) is 16.4. The van der Waals surface area contributed by atoms with Gasteiger partial charge >= 0.3 is 0 Å². The first kappa shape index (κ1) is 19.4. The molecular weight excluding hydrogens is 362 g/mol. The van der Waals surface area contributed by atoms with Gasteiger partial charge in [-0.15, -0.1) is 17.9 Å². The summed E-state index contributed by atoms with van der Waals surface area (Å²) in [6, 6.07) is 3.76. The third-order valence-corrected chi connectivity index (χ3v) is 5.68. The second-order valence-electron chi connectivity index (χ2n) is 6.92. The lowest BCUT2D eigenvalue weighted by atomic mass is 9.80. The minimum absolute atomic E-state index is 0.125. The average molecular weight is 388 g/mol. The van der Waals surface area contributed by atoms with Crippen LogP contribution in [0.1, 0.15) is 43.6 Å². The fraction of sp³-hybridized carbons (Fsp3) is 0.450. The second kappa shape index (κ2) is 8.52. The van der Waals surface area contributed by atoms with Crippen molar-refractivity contribution in [3.05, 3.63) is 41.6 Å². The number of rotatable bonds is 7. The van der Waals surface area contributed by atoms with Crippen LogP contribution in [0.2, 0.25) is 0 Å². The first-order valence-electron chi connectivity index (χ1n) is 9.24. The molecule has 0 spiro atoms. The number of nitrogens with zero attached hydrogens (tertiary/aromatic N) is 1. The summed E-state index contributed by atoms with van der Waals surface area (Å²) in [7, 11) is 0. The Kier molecular flexibility index (Phi) is 6.11. The standard InChI is InChI=1S/C20H25N3O3S/c1-3-11-21-19(25)20(9-5-4-6-10-20)23-17(24)12-15-13-27-18(22-15)16-8-7-14(2)26-16/h3,7-8,13H,1,4-6,9-12H2,2H3,(H,21,25)(H,23,24). The summed E-state index contributed by atoms with van der Waals surface area (Å²) >= 11 is 1.45. The van der Waals surface area contributed by atoms with E-state index >= 15 is 0 Å². The van der Waals surface area contributed by atoms with Gasteiger partial charge in [-0.3, -0.25) is 9.59 Å². The topological polar surface area (TPSA) is 84.2 Å². The number of hydrogen-bond acceptors (Lipinski definition) is 5. The maximum Gasteiger partial charge on any atom is 0.246 e. The van der Waals surface area contributed by atoms with Gasteiger partial charge in [-0.2, -0.15) is 0 Å². The smallest absolute Gasteiger partial charge is 0.246 e. The van der Waals surface area contributed by atoms with Gasteiger partial charge in [-0.1, -0.05) is 25.3 Å². The Morgan fingerprint density at radius 2 is 2.11 bits per heavy atom. The van der Waals surface area contributed by atoms with Crippen LogP contribution < -0.4 is 10.6 Å². The van der Waals surface area contributed by atoms with E-state index < -0.39 is 5.54 Å². The van der Waals surface area contributed by atoms with Crippen molar-refractivity contribution in [2.24, 2.45) is 0 Å². The lowest BCUT2D eigenvalue weighted by Gasteiger charge is -2.36. The highest BCUT2D eigenvalue weighted by atomic mass is 32.1. The van der Waals surface area contributed by atoms with Crippen LogP contribution in [0.3, 0.4) is 0 Å². The highest BCUT2D eigenvalue weighted by Crippen LogP contribution is 2.29. The largest absolute Gasteiger partial charge is 0.459 e. The van der Waals surface area contributed by atoms with E-state index in [1.54, 1.807) is 6.08 Å². The van der Waals surface area contributed by atoms with Gasteiger partial charge < -0.3 is 15.1 Å². The molecule has 0 unspecified atom stereocenters. The van der Waals surface area contributed by atoms with Crippen molar-refractivity contribution in [1.29, 1.82) is 0 Å². The molecule has 27 heavy (non-hydrogen) atoms. The van der Waals surface area contributed by atoms with Gasteiger partial charge in [0.1, 0.15) is 11.3 Å². The minimum Gasteiger partial charge on any atom is -0.459 e. The summed E-state index contributed by atoms with van der Waals surface area (Å²) in [6.45, 7) is 5.91. The summed E-state index contributed by atoms with van der Waals surface area (Å²) < 4.78 is 5.58. The van der Waals surface area contributed by atoms with Gasteiger partial charge in [-0.05, 0) is 31.9 Å². The highest BCUT2D eigenvalue weighted by Gasteiger charge is 2.40. The summed E-state index contributed by atoms with van der Waals surface area (Å²) in [5.74, 6) is 1.22. The normalized spacial score (nSPS) is 15.9. The second-order valence-corrected chi connectivity index (χ2v) is 7.78. The quantitative estimate of drug-likeness (QED) is 0.714. The molecule has 1 saturated carbocycles. The fourth-order valence-electron chi connectivity index (χ4n) is 3.42. The maximum atomic E-state index is 12.7. The number of carbonyl (C=O) groups is 2. The van der Waals surface area contributed by atoms with Crippen LogP contribution in [0.15, 0.2) is 34.6 Å². The summed E-state index contributed by atoms with van der Waals surface area (Å²) in [4.78, 5) is 29.8. The van der Waals surface area contributed by atoms with E-state index in [0.29, 0.717) is 30.8 Å². The van der Waals surface area contributed by atoms with Crippen LogP contribution in [0.25, 0.3) is 10.8 Å². The van der Waals surface area contributed by atoms with Gasteiger partial charge in [0.2, 0.25) is 11.8 Å². The molecule has 3 rings (SSSR count). The number of carbonyl (C=O) groups excluding carboxylic acids is 2. The molecule has 144 valence electrons. The number of aryl methyl sites for hydroxylation is 1. The number of aromatic nitrogens is 1. The number of thiazole rings is 1. The molecule has 6 nitrogen and oxygen atoms in total. The van der Waals surface area contributed by atoms with E-state index in [2.05, 4.69) is 22.2 Å². The predicted molar refractivity (Wildman–Crippen MR) is 105 cm³/mol.